The summed E-state index contributed by atoms with van der Waals surface area (Å²) in [5.74, 6) is 0.889. The number of nitrogens with one attached hydrogen (secondary N) is 1. The van der Waals surface area contributed by atoms with Crippen molar-refractivity contribution in [1.82, 2.24) is 30.0 Å². The molecule has 8 heteroatoms. The fourth-order valence-electron chi connectivity index (χ4n) is 3.53. The van der Waals surface area contributed by atoms with Crippen LogP contribution < -0.4 is 10.1 Å². The van der Waals surface area contributed by atoms with E-state index in [4.69, 9.17) is 9.84 Å². The molecular weight excluding hydrogens is 356 g/mol. The second-order valence-corrected chi connectivity index (χ2v) is 7.04. The molecule has 0 aliphatic carbocycles. The summed E-state index contributed by atoms with van der Waals surface area (Å²) in [5.41, 5.74) is 2.63. The molecule has 0 saturated carbocycles. The van der Waals surface area contributed by atoms with Gasteiger partial charge in [-0.3, -0.25) is 4.79 Å². The van der Waals surface area contributed by atoms with E-state index in [1.165, 1.54) is 0 Å². The number of ether oxygens (including phenoxy) is 1. The zero-order valence-corrected chi connectivity index (χ0v) is 15.9. The summed E-state index contributed by atoms with van der Waals surface area (Å²) >= 11 is 0. The highest BCUT2D eigenvalue weighted by molar-refractivity contribution is 5.77. The third-order valence-electron chi connectivity index (χ3n) is 4.93. The molecule has 1 N–H and O–H groups in total. The Labute approximate surface area is 163 Å². The number of benzene rings is 1. The number of carbonyl (C=O) groups excluding carboxylic acids is 1. The van der Waals surface area contributed by atoms with Gasteiger partial charge in [0.25, 0.3) is 5.91 Å². The second-order valence-electron chi connectivity index (χ2n) is 7.04. The summed E-state index contributed by atoms with van der Waals surface area (Å²) in [6.45, 7) is 3.03. The van der Waals surface area contributed by atoms with Crippen LogP contribution >= 0.6 is 0 Å². The highest BCUT2D eigenvalue weighted by Gasteiger charge is 2.27. The molecule has 3 heterocycles. The van der Waals surface area contributed by atoms with Crippen LogP contribution in [0.15, 0.2) is 42.7 Å². The number of nitrogens with zero attached hydrogens (tertiary/aromatic N) is 5. The number of aromatic nitrogens is 4. The molecule has 3 aromatic rings. The minimum absolute atomic E-state index is 0.0106. The maximum atomic E-state index is 12.0. The molecule has 0 bridgehead atoms. The molecule has 1 fully saturated rings. The lowest BCUT2D eigenvalue weighted by Crippen LogP contribution is -2.31. The zero-order valence-electron chi connectivity index (χ0n) is 15.9. The number of fused-ring (bicyclic) bond motifs is 1. The van der Waals surface area contributed by atoms with Gasteiger partial charge in [-0.05, 0) is 32.1 Å². The van der Waals surface area contributed by atoms with Crippen LogP contribution in [0.5, 0.6) is 5.75 Å². The first-order valence-corrected chi connectivity index (χ1v) is 9.51. The van der Waals surface area contributed by atoms with Crippen LogP contribution in [-0.4, -0.2) is 63.8 Å². The number of para-hydroxylation sites is 1. The third kappa shape index (κ3) is 4.12. The van der Waals surface area contributed by atoms with Crippen LogP contribution in [0.1, 0.15) is 18.0 Å². The van der Waals surface area contributed by atoms with Crippen molar-refractivity contribution in [3.05, 3.63) is 48.4 Å². The summed E-state index contributed by atoms with van der Waals surface area (Å²) in [6, 6.07) is 9.29. The summed E-state index contributed by atoms with van der Waals surface area (Å²) in [4.78, 5) is 23.3. The average Bonchev–Trinajstić information content (AvgIpc) is 3.31. The summed E-state index contributed by atoms with van der Waals surface area (Å²) in [5, 5.41) is 7.65. The number of likely N-dealkylation sites (tertiary alicyclic amines) is 1. The SMILES string of the molecule is CN1CC[C@@H](c2nn(CCNC(=O)COc3ccccc3)c3nccnc23)C1. The molecule has 0 unspecified atom stereocenters. The van der Waals surface area contributed by atoms with Crippen LogP contribution in [0.2, 0.25) is 0 Å². The first kappa shape index (κ1) is 18.4. The average molecular weight is 380 g/mol. The maximum absolute atomic E-state index is 12.0. The summed E-state index contributed by atoms with van der Waals surface area (Å²) in [6.07, 6.45) is 4.46. The lowest BCUT2D eigenvalue weighted by Gasteiger charge is -2.08. The Kier molecular flexibility index (Phi) is 5.48. The predicted octanol–water partition coefficient (Wildman–Crippen LogP) is 1.44. The van der Waals surface area contributed by atoms with Gasteiger partial charge in [0.05, 0.1) is 12.2 Å². The van der Waals surface area contributed by atoms with Crippen molar-refractivity contribution in [3.63, 3.8) is 0 Å². The topological polar surface area (TPSA) is 85.2 Å². The van der Waals surface area contributed by atoms with Crippen molar-refractivity contribution in [1.29, 1.82) is 0 Å². The van der Waals surface area contributed by atoms with E-state index in [1.807, 2.05) is 35.0 Å². The molecule has 8 nitrogen and oxygen atoms in total. The predicted molar refractivity (Wildman–Crippen MR) is 105 cm³/mol. The summed E-state index contributed by atoms with van der Waals surface area (Å²) in [7, 11) is 2.12. The Morgan fingerprint density at radius 1 is 1.25 bits per heavy atom. The Hall–Kier alpha value is -3.00. The van der Waals surface area contributed by atoms with Gasteiger partial charge in [0.15, 0.2) is 12.3 Å². The maximum Gasteiger partial charge on any atom is 0.258 e. The van der Waals surface area contributed by atoms with Crippen molar-refractivity contribution in [2.24, 2.45) is 0 Å². The van der Waals surface area contributed by atoms with E-state index in [-0.39, 0.29) is 12.5 Å². The minimum Gasteiger partial charge on any atom is -0.484 e. The number of rotatable bonds is 7. The van der Waals surface area contributed by atoms with Gasteiger partial charge in [0, 0.05) is 31.4 Å². The minimum atomic E-state index is -0.163. The van der Waals surface area contributed by atoms with Crippen LogP contribution in [0.25, 0.3) is 11.2 Å². The first-order chi connectivity index (χ1) is 13.7. The number of hydrogen-bond acceptors (Lipinski definition) is 6. The monoisotopic (exact) mass is 380 g/mol. The van der Waals surface area contributed by atoms with Crippen molar-refractivity contribution >= 4 is 17.1 Å². The van der Waals surface area contributed by atoms with Gasteiger partial charge in [-0.25, -0.2) is 14.6 Å². The van der Waals surface area contributed by atoms with Gasteiger partial charge in [0.1, 0.15) is 11.3 Å². The quantitative estimate of drug-likeness (QED) is 0.668. The van der Waals surface area contributed by atoms with Crippen molar-refractivity contribution in [2.75, 3.05) is 33.3 Å². The largest absolute Gasteiger partial charge is 0.484 e. The van der Waals surface area contributed by atoms with Crippen molar-refractivity contribution < 1.29 is 9.53 Å². The Morgan fingerprint density at radius 3 is 2.86 bits per heavy atom. The molecule has 0 radical (unpaired) electrons. The Balaban J connectivity index is 1.36. The summed E-state index contributed by atoms with van der Waals surface area (Å²) < 4.78 is 7.30. The van der Waals surface area contributed by atoms with Crippen LogP contribution in [0.4, 0.5) is 0 Å². The number of likely N-dealkylation sites (N-methyl/N-ethyl adjacent to an activating group) is 1. The first-order valence-electron chi connectivity index (χ1n) is 9.51. The molecule has 1 aliphatic heterocycles. The number of amides is 1. The van der Waals surface area contributed by atoms with Crippen molar-refractivity contribution in [3.8, 4) is 5.75 Å². The van der Waals surface area contributed by atoms with Gasteiger partial charge in [-0.2, -0.15) is 5.10 Å². The lowest BCUT2D eigenvalue weighted by molar-refractivity contribution is -0.123. The van der Waals surface area contributed by atoms with E-state index in [0.29, 0.717) is 24.8 Å². The number of hydrogen-bond donors (Lipinski definition) is 1. The lowest BCUT2D eigenvalue weighted by atomic mass is 10.0. The van der Waals surface area contributed by atoms with E-state index in [9.17, 15) is 4.79 Å². The molecule has 1 amide bonds. The molecule has 2 aromatic heterocycles. The molecule has 146 valence electrons. The van der Waals surface area contributed by atoms with Gasteiger partial charge < -0.3 is 15.0 Å². The van der Waals surface area contributed by atoms with E-state index in [1.54, 1.807) is 12.4 Å². The second kappa shape index (κ2) is 8.35. The number of carbonyl (C=O) groups is 1. The van der Waals surface area contributed by atoms with Gasteiger partial charge in [-0.1, -0.05) is 18.2 Å². The van der Waals surface area contributed by atoms with E-state index in [0.717, 1.165) is 36.4 Å². The highest BCUT2D eigenvalue weighted by Crippen LogP contribution is 2.29. The van der Waals surface area contributed by atoms with Crippen LogP contribution in [-0.2, 0) is 11.3 Å². The molecule has 1 aromatic carbocycles. The Bertz CT molecular complexity index is 942. The fraction of sp³-hybridized carbons (Fsp3) is 0.400. The standard InChI is InChI=1S/C20H24N6O2/c1-25-11-7-15(13-25)18-19-20(23-9-8-22-19)26(24-18)12-10-21-17(27)14-28-16-5-3-2-4-6-16/h2-6,8-9,15H,7,10-14H2,1H3,(H,21,27)/t15-/m1/s1. The smallest absolute Gasteiger partial charge is 0.258 e. The van der Waals surface area contributed by atoms with Gasteiger partial charge in [-0.15, -0.1) is 0 Å². The molecule has 0 spiro atoms. The highest BCUT2D eigenvalue weighted by atomic mass is 16.5. The molecule has 28 heavy (non-hydrogen) atoms. The molecule has 1 atom stereocenters. The van der Waals surface area contributed by atoms with Gasteiger partial charge in [0.2, 0.25) is 0 Å². The Morgan fingerprint density at radius 2 is 2.07 bits per heavy atom. The van der Waals surface area contributed by atoms with E-state index >= 15 is 0 Å². The van der Waals surface area contributed by atoms with Crippen LogP contribution in [0, 0.1) is 0 Å². The molecule has 4 rings (SSSR count). The third-order valence-corrected chi connectivity index (χ3v) is 4.93. The molecular formula is C20H24N6O2. The van der Waals surface area contributed by atoms with Gasteiger partial charge >= 0.3 is 0 Å². The zero-order chi connectivity index (χ0) is 19.3. The van der Waals surface area contributed by atoms with E-state index in [2.05, 4.69) is 27.2 Å². The molecule has 1 saturated heterocycles. The van der Waals surface area contributed by atoms with Crippen molar-refractivity contribution in [2.45, 2.75) is 18.9 Å². The van der Waals surface area contributed by atoms with Crippen LogP contribution in [0.3, 0.4) is 0 Å². The molecule has 1 aliphatic rings. The van der Waals surface area contributed by atoms with E-state index < -0.39 is 0 Å². The normalized spacial score (nSPS) is 17.1. The fourth-order valence-corrected chi connectivity index (χ4v) is 3.53.